The molecule has 3 nitrogen and oxygen atoms in total. The number of nitrogens with one attached hydrogen (secondary N) is 1. The Balaban J connectivity index is 2.09. The van der Waals surface area contributed by atoms with Crippen LogP contribution in [0.2, 0.25) is 0 Å². The first-order chi connectivity index (χ1) is 9.54. The van der Waals surface area contributed by atoms with Gasteiger partial charge in [-0.15, -0.1) is 11.8 Å². The molecule has 2 rings (SSSR count). The van der Waals surface area contributed by atoms with E-state index in [1.54, 1.807) is 6.20 Å². The number of rotatable bonds is 4. The predicted octanol–water partition coefficient (Wildman–Crippen LogP) is 4.42. The van der Waals surface area contributed by atoms with Crippen molar-refractivity contribution < 1.29 is 0 Å². The highest BCUT2D eigenvalue weighted by atomic mass is 32.2. The van der Waals surface area contributed by atoms with Crippen LogP contribution >= 0.6 is 11.8 Å². The highest BCUT2D eigenvalue weighted by Gasteiger charge is 2.13. The van der Waals surface area contributed by atoms with Crippen LogP contribution in [-0.2, 0) is 0 Å². The molecule has 4 heteroatoms. The van der Waals surface area contributed by atoms with E-state index in [1.165, 1.54) is 4.90 Å². The molecule has 0 aliphatic carbocycles. The van der Waals surface area contributed by atoms with Gasteiger partial charge in [0.15, 0.2) is 0 Å². The van der Waals surface area contributed by atoms with Crippen molar-refractivity contribution in [2.24, 2.45) is 5.10 Å². The smallest absolute Gasteiger partial charge is 0.146 e. The van der Waals surface area contributed by atoms with Gasteiger partial charge < -0.3 is 0 Å². The second-order valence-electron chi connectivity index (χ2n) is 5.34. The third-order valence-corrected chi connectivity index (χ3v) is 3.59. The number of benzene rings is 1. The number of hydrogen-bond donors (Lipinski definition) is 1. The normalized spacial score (nSPS) is 11.8. The summed E-state index contributed by atoms with van der Waals surface area (Å²) in [5.41, 5.74) is 4.04. The first-order valence-electron chi connectivity index (χ1n) is 6.53. The van der Waals surface area contributed by atoms with E-state index < -0.39 is 0 Å². The maximum absolute atomic E-state index is 4.25. The second-order valence-corrected chi connectivity index (χ2v) is 7.21. The number of hydrazone groups is 1. The lowest BCUT2D eigenvalue weighted by atomic mass is 10.2. The number of nitrogens with zero attached hydrogens (tertiary/aromatic N) is 2. The van der Waals surface area contributed by atoms with Crippen LogP contribution in [0.1, 0.15) is 26.3 Å². The molecule has 0 fully saturated rings. The van der Waals surface area contributed by atoms with Crippen LogP contribution in [0.3, 0.4) is 0 Å². The summed E-state index contributed by atoms with van der Waals surface area (Å²) >= 11 is 1.84. The molecular weight excluding hydrogens is 266 g/mol. The molecule has 0 amide bonds. The first-order valence-corrected chi connectivity index (χ1v) is 7.34. The second kappa shape index (κ2) is 6.57. The topological polar surface area (TPSA) is 37.3 Å². The van der Waals surface area contributed by atoms with Gasteiger partial charge in [0, 0.05) is 21.4 Å². The Morgan fingerprint density at radius 2 is 1.85 bits per heavy atom. The van der Waals surface area contributed by atoms with E-state index in [0.29, 0.717) is 0 Å². The minimum atomic E-state index is 0.179. The molecule has 0 bridgehead atoms. The molecule has 0 spiro atoms. The Morgan fingerprint density at radius 1 is 1.10 bits per heavy atom. The van der Waals surface area contributed by atoms with Crippen molar-refractivity contribution in [3.63, 3.8) is 0 Å². The monoisotopic (exact) mass is 285 g/mol. The van der Waals surface area contributed by atoms with Gasteiger partial charge in [-0.2, -0.15) is 5.10 Å². The maximum Gasteiger partial charge on any atom is 0.146 e. The molecule has 2 aromatic rings. The van der Waals surface area contributed by atoms with E-state index in [9.17, 15) is 0 Å². The number of thioether (sulfide) groups is 1. The van der Waals surface area contributed by atoms with Crippen molar-refractivity contribution >= 4 is 23.8 Å². The number of hydrogen-bond acceptors (Lipinski definition) is 4. The minimum Gasteiger partial charge on any atom is -0.261 e. The predicted molar refractivity (Wildman–Crippen MR) is 87.5 cm³/mol. The van der Waals surface area contributed by atoms with E-state index in [1.807, 2.05) is 42.2 Å². The van der Waals surface area contributed by atoms with Crippen LogP contribution in [-0.4, -0.2) is 15.9 Å². The highest BCUT2D eigenvalue weighted by molar-refractivity contribution is 8.00. The van der Waals surface area contributed by atoms with E-state index in [2.05, 4.69) is 54.5 Å². The zero-order valence-electron chi connectivity index (χ0n) is 12.0. The molecule has 0 unspecified atom stereocenters. The molecule has 0 aliphatic rings. The summed E-state index contributed by atoms with van der Waals surface area (Å²) in [5, 5.41) is 4.25. The molecule has 0 saturated heterocycles. The Hall–Kier alpha value is -1.81. The van der Waals surface area contributed by atoms with Gasteiger partial charge in [-0.25, -0.2) is 4.98 Å². The van der Waals surface area contributed by atoms with Gasteiger partial charge in [-0.1, -0.05) is 45.0 Å². The standard InChI is InChI=1S/C16H19N3S/c1-16(2,3)20-14-9-5-4-8-13(14)12-18-19-15-10-6-7-11-17-15/h4-12H,1-3H3,(H,17,19)/b18-12+. The van der Waals surface area contributed by atoms with Gasteiger partial charge in [-0.3, -0.25) is 5.43 Å². The van der Waals surface area contributed by atoms with Gasteiger partial charge >= 0.3 is 0 Å². The third-order valence-electron chi connectivity index (χ3n) is 2.38. The average Bonchev–Trinajstić information content (AvgIpc) is 2.40. The lowest BCUT2D eigenvalue weighted by Crippen LogP contribution is -2.07. The minimum absolute atomic E-state index is 0.179. The molecule has 0 atom stereocenters. The van der Waals surface area contributed by atoms with E-state index in [-0.39, 0.29) is 4.75 Å². The van der Waals surface area contributed by atoms with Gasteiger partial charge in [0.05, 0.1) is 6.21 Å². The SMILES string of the molecule is CC(C)(C)Sc1ccccc1/C=N/Nc1ccccn1. The Morgan fingerprint density at radius 3 is 2.55 bits per heavy atom. The van der Waals surface area contributed by atoms with E-state index >= 15 is 0 Å². The molecule has 0 aliphatic heterocycles. The van der Waals surface area contributed by atoms with Crippen molar-refractivity contribution in [3.05, 3.63) is 54.2 Å². The summed E-state index contributed by atoms with van der Waals surface area (Å²) in [5.74, 6) is 0.740. The summed E-state index contributed by atoms with van der Waals surface area (Å²) in [6, 6.07) is 14.0. The Bertz CT molecular complexity index is 574. The van der Waals surface area contributed by atoms with Crippen LogP contribution in [0.25, 0.3) is 0 Å². The maximum atomic E-state index is 4.25. The van der Waals surface area contributed by atoms with Crippen molar-refractivity contribution in [2.45, 2.75) is 30.4 Å². The number of pyridine rings is 1. The molecule has 104 valence electrons. The summed E-state index contributed by atoms with van der Waals surface area (Å²) in [6.45, 7) is 6.62. The largest absolute Gasteiger partial charge is 0.261 e. The zero-order chi connectivity index (χ0) is 14.4. The van der Waals surface area contributed by atoms with E-state index in [4.69, 9.17) is 0 Å². The van der Waals surface area contributed by atoms with Gasteiger partial charge in [-0.05, 0) is 18.2 Å². The third kappa shape index (κ3) is 4.70. The van der Waals surface area contributed by atoms with Gasteiger partial charge in [0.2, 0.25) is 0 Å². The number of anilines is 1. The van der Waals surface area contributed by atoms with Gasteiger partial charge in [0.25, 0.3) is 0 Å². The molecule has 1 aromatic heterocycles. The van der Waals surface area contributed by atoms with Crippen molar-refractivity contribution in [1.82, 2.24) is 4.98 Å². The van der Waals surface area contributed by atoms with Crippen molar-refractivity contribution in [2.75, 3.05) is 5.43 Å². The van der Waals surface area contributed by atoms with Crippen molar-refractivity contribution in [3.8, 4) is 0 Å². The molecule has 1 aromatic carbocycles. The molecule has 1 heterocycles. The molecule has 0 radical (unpaired) electrons. The van der Waals surface area contributed by atoms with Crippen LogP contribution in [0.5, 0.6) is 0 Å². The quantitative estimate of drug-likeness (QED) is 0.513. The molecule has 1 N–H and O–H groups in total. The summed E-state index contributed by atoms with van der Waals surface area (Å²) in [4.78, 5) is 5.39. The molecule has 0 saturated carbocycles. The summed E-state index contributed by atoms with van der Waals surface area (Å²) in [7, 11) is 0. The van der Waals surface area contributed by atoms with Crippen LogP contribution in [0.15, 0.2) is 58.7 Å². The lowest BCUT2D eigenvalue weighted by molar-refractivity contribution is 0.802. The molecule has 20 heavy (non-hydrogen) atoms. The fourth-order valence-corrected chi connectivity index (χ4v) is 2.65. The fourth-order valence-electron chi connectivity index (χ4n) is 1.61. The zero-order valence-corrected chi connectivity index (χ0v) is 12.8. The Labute approximate surface area is 124 Å². The fraction of sp³-hybridized carbons (Fsp3) is 0.250. The van der Waals surface area contributed by atoms with Gasteiger partial charge in [0.1, 0.15) is 5.82 Å². The highest BCUT2D eigenvalue weighted by Crippen LogP contribution is 2.33. The Kier molecular flexibility index (Phi) is 4.79. The first kappa shape index (κ1) is 14.6. The average molecular weight is 285 g/mol. The molecular formula is C16H19N3S. The van der Waals surface area contributed by atoms with Crippen LogP contribution in [0, 0.1) is 0 Å². The van der Waals surface area contributed by atoms with Crippen LogP contribution in [0.4, 0.5) is 5.82 Å². The van der Waals surface area contributed by atoms with Crippen molar-refractivity contribution in [1.29, 1.82) is 0 Å². The van der Waals surface area contributed by atoms with E-state index in [0.717, 1.165) is 11.4 Å². The summed E-state index contributed by atoms with van der Waals surface area (Å²) in [6.07, 6.45) is 3.57. The summed E-state index contributed by atoms with van der Waals surface area (Å²) < 4.78 is 0.179. The lowest BCUT2D eigenvalue weighted by Gasteiger charge is -2.18. The number of aromatic nitrogens is 1. The van der Waals surface area contributed by atoms with Crippen LogP contribution < -0.4 is 5.43 Å².